The van der Waals surface area contributed by atoms with Crippen molar-refractivity contribution in [1.82, 2.24) is 4.98 Å². The van der Waals surface area contributed by atoms with E-state index in [9.17, 15) is 4.39 Å². The van der Waals surface area contributed by atoms with Gasteiger partial charge in [0.2, 0.25) is 0 Å². The lowest BCUT2D eigenvalue weighted by Crippen LogP contribution is -2.24. The van der Waals surface area contributed by atoms with E-state index in [0.717, 1.165) is 19.5 Å². The summed E-state index contributed by atoms with van der Waals surface area (Å²) >= 11 is 5.66. The molecule has 1 aromatic heterocycles. The molecule has 0 aromatic carbocycles. The van der Waals surface area contributed by atoms with Crippen LogP contribution >= 0.6 is 11.6 Å². The van der Waals surface area contributed by atoms with Gasteiger partial charge < -0.3 is 4.90 Å². The van der Waals surface area contributed by atoms with Crippen LogP contribution in [0.4, 0.5) is 10.2 Å². The molecule has 0 atom stereocenters. The first-order valence-corrected chi connectivity index (χ1v) is 5.42. The van der Waals surface area contributed by atoms with E-state index in [-0.39, 0.29) is 11.2 Å². The fourth-order valence-corrected chi connectivity index (χ4v) is 2.08. The number of anilines is 1. The first-order valence-electron chi connectivity index (χ1n) is 5.04. The summed E-state index contributed by atoms with van der Waals surface area (Å²) in [7, 11) is 0. The summed E-state index contributed by atoms with van der Waals surface area (Å²) in [5.74, 6) is 0.0881. The molecule has 0 N–H and O–H groups in total. The highest BCUT2D eigenvalue weighted by molar-refractivity contribution is 6.30. The van der Waals surface area contributed by atoms with Gasteiger partial charge in [-0.3, -0.25) is 0 Å². The van der Waals surface area contributed by atoms with Crippen LogP contribution in [0.5, 0.6) is 0 Å². The van der Waals surface area contributed by atoms with E-state index in [0.29, 0.717) is 10.8 Å². The van der Waals surface area contributed by atoms with Crippen LogP contribution in [0.3, 0.4) is 0 Å². The van der Waals surface area contributed by atoms with E-state index in [1.807, 2.05) is 4.90 Å². The maximum atomic E-state index is 13.6. The molecule has 1 aliphatic heterocycles. The van der Waals surface area contributed by atoms with Crippen molar-refractivity contribution in [2.24, 2.45) is 5.41 Å². The summed E-state index contributed by atoms with van der Waals surface area (Å²) in [6.45, 7) is 6.07. The quantitative estimate of drug-likeness (QED) is 0.734. The zero-order valence-electron chi connectivity index (χ0n) is 8.93. The maximum absolute atomic E-state index is 13.6. The van der Waals surface area contributed by atoms with E-state index in [1.54, 1.807) is 0 Å². The van der Waals surface area contributed by atoms with E-state index in [2.05, 4.69) is 18.8 Å². The Kier molecular flexibility index (Phi) is 2.59. The Morgan fingerprint density at radius 2 is 2.27 bits per heavy atom. The lowest BCUT2D eigenvalue weighted by molar-refractivity contribution is 0.418. The SMILES string of the molecule is CC1(C)CCN(c2ncc(Cl)cc2F)C1. The van der Waals surface area contributed by atoms with Crippen LogP contribution in [-0.4, -0.2) is 18.1 Å². The number of hydrogen-bond donors (Lipinski definition) is 0. The molecule has 1 aliphatic rings. The minimum Gasteiger partial charge on any atom is -0.354 e. The van der Waals surface area contributed by atoms with Gasteiger partial charge >= 0.3 is 0 Å². The molecule has 82 valence electrons. The molecule has 1 fully saturated rings. The number of pyridine rings is 1. The van der Waals surface area contributed by atoms with Gasteiger partial charge in [0, 0.05) is 19.3 Å². The Bertz CT molecular complexity index is 379. The van der Waals surface area contributed by atoms with Crippen molar-refractivity contribution in [3.8, 4) is 0 Å². The molecule has 2 heterocycles. The second-order valence-corrected chi connectivity index (χ2v) is 5.23. The summed E-state index contributed by atoms with van der Waals surface area (Å²) in [5.41, 5.74) is 0.244. The van der Waals surface area contributed by atoms with E-state index < -0.39 is 0 Å². The number of nitrogens with zero attached hydrogens (tertiary/aromatic N) is 2. The Labute approximate surface area is 94.1 Å². The summed E-state index contributed by atoms with van der Waals surface area (Å²) in [5, 5.41) is 0.342. The number of rotatable bonds is 1. The van der Waals surface area contributed by atoms with Gasteiger partial charge in [0.05, 0.1) is 5.02 Å². The largest absolute Gasteiger partial charge is 0.354 e. The minimum absolute atomic E-state index is 0.244. The highest BCUT2D eigenvalue weighted by atomic mass is 35.5. The van der Waals surface area contributed by atoms with Crippen LogP contribution in [0, 0.1) is 11.2 Å². The molecule has 0 amide bonds. The van der Waals surface area contributed by atoms with Gasteiger partial charge in [-0.1, -0.05) is 25.4 Å². The van der Waals surface area contributed by atoms with Crippen LogP contribution in [0.25, 0.3) is 0 Å². The number of halogens is 2. The molecule has 2 nitrogen and oxygen atoms in total. The smallest absolute Gasteiger partial charge is 0.167 e. The second kappa shape index (κ2) is 3.63. The molecule has 0 spiro atoms. The molecular formula is C11H14ClFN2. The van der Waals surface area contributed by atoms with E-state index in [4.69, 9.17) is 11.6 Å². The van der Waals surface area contributed by atoms with Crippen LogP contribution < -0.4 is 4.90 Å². The molecule has 2 rings (SSSR count). The zero-order chi connectivity index (χ0) is 11.1. The van der Waals surface area contributed by atoms with Crippen molar-refractivity contribution >= 4 is 17.4 Å². The van der Waals surface area contributed by atoms with Gasteiger partial charge in [0.25, 0.3) is 0 Å². The van der Waals surface area contributed by atoms with Gasteiger partial charge in [0.1, 0.15) is 0 Å². The summed E-state index contributed by atoms with van der Waals surface area (Å²) in [4.78, 5) is 6.02. The summed E-state index contributed by atoms with van der Waals surface area (Å²) in [6, 6.07) is 1.31. The zero-order valence-corrected chi connectivity index (χ0v) is 9.68. The van der Waals surface area contributed by atoms with Crippen molar-refractivity contribution < 1.29 is 4.39 Å². The Hall–Kier alpha value is -0.830. The lowest BCUT2D eigenvalue weighted by atomic mass is 9.93. The highest BCUT2D eigenvalue weighted by Gasteiger charge is 2.31. The van der Waals surface area contributed by atoms with Crippen molar-refractivity contribution in [1.29, 1.82) is 0 Å². The third-order valence-electron chi connectivity index (χ3n) is 2.77. The van der Waals surface area contributed by atoms with Crippen LogP contribution in [0.15, 0.2) is 12.3 Å². The van der Waals surface area contributed by atoms with Gasteiger partial charge in [-0.05, 0) is 17.9 Å². The fraction of sp³-hybridized carbons (Fsp3) is 0.545. The van der Waals surface area contributed by atoms with Gasteiger partial charge in [0.15, 0.2) is 11.6 Å². The van der Waals surface area contributed by atoms with Crippen molar-refractivity contribution in [3.05, 3.63) is 23.1 Å². The Morgan fingerprint density at radius 3 is 2.80 bits per heavy atom. The molecule has 15 heavy (non-hydrogen) atoms. The molecule has 4 heteroatoms. The fourth-order valence-electron chi connectivity index (χ4n) is 1.93. The molecule has 0 bridgehead atoms. The Balaban J connectivity index is 2.24. The van der Waals surface area contributed by atoms with Crippen LogP contribution in [0.2, 0.25) is 5.02 Å². The minimum atomic E-state index is -0.333. The van der Waals surface area contributed by atoms with Gasteiger partial charge in [-0.2, -0.15) is 0 Å². The van der Waals surface area contributed by atoms with Crippen molar-refractivity contribution in [3.63, 3.8) is 0 Å². The predicted octanol–water partition coefficient (Wildman–Crippen LogP) is 3.11. The third-order valence-corrected chi connectivity index (χ3v) is 2.97. The highest BCUT2D eigenvalue weighted by Crippen LogP contribution is 2.32. The second-order valence-electron chi connectivity index (χ2n) is 4.79. The summed E-state index contributed by atoms with van der Waals surface area (Å²) in [6.07, 6.45) is 2.56. The maximum Gasteiger partial charge on any atom is 0.167 e. The van der Waals surface area contributed by atoms with E-state index >= 15 is 0 Å². The molecule has 0 saturated carbocycles. The molecule has 0 aliphatic carbocycles. The number of aromatic nitrogens is 1. The first-order chi connectivity index (χ1) is 6.98. The van der Waals surface area contributed by atoms with Gasteiger partial charge in [-0.15, -0.1) is 0 Å². The molecule has 0 unspecified atom stereocenters. The van der Waals surface area contributed by atoms with Crippen molar-refractivity contribution in [2.45, 2.75) is 20.3 Å². The topological polar surface area (TPSA) is 16.1 Å². The monoisotopic (exact) mass is 228 g/mol. The molecule has 0 radical (unpaired) electrons. The molecular weight excluding hydrogens is 215 g/mol. The standard InChI is InChI=1S/C11H14ClFN2/c1-11(2)3-4-15(7-11)10-9(13)5-8(12)6-14-10/h5-6H,3-4,7H2,1-2H3. The normalized spacial score (nSPS) is 19.6. The van der Waals surface area contributed by atoms with E-state index in [1.165, 1.54) is 12.3 Å². The third kappa shape index (κ3) is 2.23. The average molecular weight is 229 g/mol. The average Bonchev–Trinajstić information content (AvgIpc) is 2.46. The number of hydrogen-bond acceptors (Lipinski definition) is 2. The summed E-state index contributed by atoms with van der Waals surface area (Å²) < 4.78 is 13.6. The molecule has 1 aromatic rings. The van der Waals surface area contributed by atoms with Crippen LogP contribution in [-0.2, 0) is 0 Å². The first kappa shape index (κ1) is 10.7. The Morgan fingerprint density at radius 1 is 1.53 bits per heavy atom. The predicted molar refractivity (Wildman–Crippen MR) is 59.8 cm³/mol. The van der Waals surface area contributed by atoms with Crippen molar-refractivity contribution in [2.75, 3.05) is 18.0 Å². The molecule has 1 saturated heterocycles. The van der Waals surface area contributed by atoms with Gasteiger partial charge in [-0.25, -0.2) is 9.37 Å². The van der Waals surface area contributed by atoms with Crippen LogP contribution in [0.1, 0.15) is 20.3 Å². The lowest BCUT2D eigenvalue weighted by Gasteiger charge is -2.20.